The number of carbonyl (C=O) groups excluding carboxylic acids is 1. The minimum atomic E-state index is -3.61. The predicted molar refractivity (Wildman–Crippen MR) is 85.6 cm³/mol. The number of sulfonamides is 1. The molecule has 128 valence electrons. The summed E-state index contributed by atoms with van der Waals surface area (Å²) in [5.74, 6) is -1.49. The molecule has 0 aliphatic carbocycles. The number of carboxylic acids is 1. The molecule has 1 rings (SSSR count). The Morgan fingerprint density at radius 1 is 1.17 bits per heavy atom. The lowest BCUT2D eigenvalue weighted by atomic mass is 10.1. The van der Waals surface area contributed by atoms with Gasteiger partial charge in [0.05, 0.1) is 4.90 Å². The SMILES string of the molecule is CCC(NC(=O)c1ccc(S(=O)(=O)NCC(C)C)cc1)C(=O)O. The first-order valence-electron chi connectivity index (χ1n) is 7.30. The first-order chi connectivity index (χ1) is 10.7. The van der Waals surface area contributed by atoms with Gasteiger partial charge in [0.2, 0.25) is 10.0 Å². The summed E-state index contributed by atoms with van der Waals surface area (Å²) in [6.07, 6.45) is 0.257. The summed E-state index contributed by atoms with van der Waals surface area (Å²) in [6, 6.07) is 4.37. The highest BCUT2D eigenvalue weighted by Gasteiger charge is 2.19. The van der Waals surface area contributed by atoms with Gasteiger partial charge in [0, 0.05) is 12.1 Å². The quantitative estimate of drug-likeness (QED) is 0.657. The van der Waals surface area contributed by atoms with Crippen LogP contribution in [-0.4, -0.2) is 38.0 Å². The van der Waals surface area contributed by atoms with Crippen LogP contribution in [0.25, 0.3) is 0 Å². The van der Waals surface area contributed by atoms with Crippen molar-refractivity contribution in [2.24, 2.45) is 5.92 Å². The van der Waals surface area contributed by atoms with Gasteiger partial charge in [-0.3, -0.25) is 4.79 Å². The molecule has 23 heavy (non-hydrogen) atoms. The van der Waals surface area contributed by atoms with Crippen molar-refractivity contribution in [2.75, 3.05) is 6.54 Å². The normalized spacial score (nSPS) is 12.9. The van der Waals surface area contributed by atoms with E-state index in [1.54, 1.807) is 6.92 Å². The molecule has 8 heteroatoms. The first kappa shape index (κ1) is 19.1. The molecule has 1 aromatic rings. The fraction of sp³-hybridized carbons (Fsp3) is 0.467. The summed E-state index contributed by atoms with van der Waals surface area (Å²) in [7, 11) is -3.61. The van der Waals surface area contributed by atoms with Gasteiger partial charge in [-0.15, -0.1) is 0 Å². The van der Waals surface area contributed by atoms with Gasteiger partial charge in [-0.25, -0.2) is 17.9 Å². The first-order valence-corrected chi connectivity index (χ1v) is 8.79. The molecular formula is C15H22N2O5S. The Morgan fingerprint density at radius 2 is 1.74 bits per heavy atom. The van der Waals surface area contributed by atoms with Crippen molar-refractivity contribution in [3.8, 4) is 0 Å². The maximum atomic E-state index is 12.0. The van der Waals surface area contributed by atoms with Crippen molar-refractivity contribution in [3.63, 3.8) is 0 Å². The Bertz CT molecular complexity index is 653. The van der Waals surface area contributed by atoms with E-state index in [9.17, 15) is 18.0 Å². The van der Waals surface area contributed by atoms with Crippen LogP contribution in [0.3, 0.4) is 0 Å². The van der Waals surface area contributed by atoms with E-state index in [0.717, 1.165) is 0 Å². The average Bonchev–Trinajstić information content (AvgIpc) is 2.50. The summed E-state index contributed by atoms with van der Waals surface area (Å²) >= 11 is 0. The van der Waals surface area contributed by atoms with E-state index < -0.39 is 27.9 Å². The number of hydrogen-bond donors (Lipinski definition) is 3. The van der Waals surface area contributed by atoms with Crippen LogP contribution < -0.4 is 10.0 Å². The molecule has 1 aromatic carbocycles. The third kappa shape index (κ3) is 5.65. The zero-order chi connectivity index (χ0) is 17.6. The molecule has 0 saturated heterocycles. The number of aliphatic carboxylic acids is 1. The molecule has 0 fully saturated rings. The van der Waals surface area contributed by atoms with E-state index in [4.69, 9.17) is 5.11 Å². The monoisotopic (exact) mass is 342 g/mol. The third-order valence-corrected chi connectivity index (χ3v) is 4.56. The van der Waals surface area contributed by atoms with Crippen molar-refractivity contribution in [2.45, 2.75) is 38.1 Å². The topological polar surface area (TPSA) is 113 Å². The summed E-state index contributed by atoms with van der Waals surface area (Å²) in [5, 5.41) is 11.3. The largest absolute Gasteiger partial charge is 0.480 e. The Hall–Kier alpha value is -1.93. The minimum absolute atomic E-state index is 0.0555. The maximum Gasteiger partial charge on any atom is 0.326 e. The second kappa shape index (κ2) is 8.07. The second-order valence-corrected chi connectivity index (χ2v) is 7.31. The Kier molecular flexibility index (Phi) is 6.71. The lowest BCUT2D eigenvalue weighted by Gasteiger charge is -2.13. The molecule has 0 radical (unpaired) electrons. The van der Waals surface area contributed by atoms with Gasteiger partial charge in [0.1, 0.15) is 6.04 Å². The fourth-order valence-corrected chi connectivity index (χ4v) is 2.94. The number of carbonyl (C=O) groups is 2. The fourth-order valence-electron chi connectivity index (χ4n) is 1.73. The highest BCUT2D eigenvalue weighted by atomic mass is 32.2. The second-order valence-electron chi connectivity index (χ2n) is 5.54. The van der Waals surface area contributed by atoms with E-state index in [2.05, 4.69) is 10.0 Å². The van der Waals surface area contributed by atoms with Crippen molar-refractivity contribution in [1.29, 1.82) is 0 Å². The molecule has 0 aliphatic heterocycles. The zero-order valence-electron chi connectivity index (χ0n) is 13.4. The number of carboxylic acid groups (broad SMARTS) is 1. The zero-order valence-corrected chi connectivity index (χ0v) is 14.2. The molecule has 0 bridgehead atoms. The molecule has 1 unspecified atom stereocenters. The van der Waals surface area contributed by atoms with Crippen LogP contribution in [0, 0.1) is 5.92 Å². The van der Waals surface area contributed by atoms with E-state index >= 15 is 0 Å². The van der Waals surface area contributed by atoms with E-state index in [1.165, 1.54) is 24.3 Å². The standard InChI is InChI=1S/C15H22N2O5S/c1-4-13(15(19)20)17-14(18)11-5-7-12(8-6-11)23(21,22)16-9-10(2)3/h5-8,10,13,16H,4,9H2,1-3H3,(H,17,18)(H,19,20). The van der Waals surface area contributed by atoms with Crippen LogP contribution >= 0.6 is 0 Å². The van der Waals surface area contributed by atoms with Crippen LogP contribution in [0.2, 0.25) is 0 Å². The highest BCUT2D eigenvalue weighted by molar-refractivity contribution is 7.89. The number of benzene rings is 1. The molecule has 0 saturated carbocycles. The lowest BCUT2D eigenvalue weighted by Crippen LogP contribution is -2.40. The summed E-state index contributed by atoms with van der Waals surface area (Å²) in [5.41, 5.74) is 0.201. The average molecular weight is 342 g/mol. The van der Waals surface area contributed by atoms with Crippen LogP contribution in [0.5, 0.6) is 0 Å². The van der Waals surface area contributed by atoms with Gasteiger partial charge >= 0.3 is 5.97 Å². The third-order valence-electron chi connectivity index (χ3n) is 3.12. The molecular weight excluding hydrogens is 320 g/mol. The van der Waals surface area contributed by atoms with Gasteiger partial charge in [-0.1, -0.05) is 20.8 Å². The van der Waals surface area contributed by atoms with Gasteiger partial charge in [-0.05, 0) is 36.6 Å². The van der Waals surface area contributed by atoms with Crippen LogP contribution in [-0.2, 0) is 14.8 Å². The van der Waals surface area contributed by atoms with Crippen LogP contribution in [0.15, 0.2) is 29.2 Å². The molecule has 0 spiro atoms. The minimum Gasteiger partial charge on any atom is -0.480 e. The van der Waals surface area contributed by atoms with Crippen LogP contribution in [0.4, 0.5) is 0 Å². The van der Waals surface area contributed by atoms with Crippen molar-refractivity contribution in [3.05, 3.63) is 29.8 Å². The Labute approximate surface area is 136 Å². The highest BCUT2D eigenvalue weighted by Crippen LogP contribution is 2.11. The van der Waals surface area contributed by atoms with Crippen LogP contribution in [0.1, 0.15) is 37.6 Å². The van der Waals surface area contributed by atoms with Gasteiger partial charge < -0.3 is 10.4 Å². The molecule has 3 N–H and O–H groups in total. The predicted octanol–water partition coefficient (Wildman–Crippen LogP) is 1.21. The van der Waals surface area contributed by atoms with Crippen molar-refractivity contribution < 1.29 is 23.1 Å². The van der Waals surface area contributed by atoms with E-state index in [0.29, 0.717) is 6.54 Å². The van der Waals surface area contributed by atoms with Crippen molar-refractivity contribution in [1.82, 2.24) is 10.0 Å². The molecule has 0 aromatic heterocycles. The smallest absolute Gasteiger partial charge is 0.326 e. The number of amides is 1. The van der Waals surface area contributed by atoms with Gasteiger partial charge in [0.15, 0.2) is 0 Å². The maximum absolute atomic E-state index is 12.0. The lowest BCUT2D eigenvalue weighted by molar-refractivity contribution is -0.139. The van der Waals surface area contributed by atoms with E-state index in [-0.39, 0.29) is 22.8 Å². The number of rotatable bonds is 8. The van der Waals surface area contributed by atoms with Gasteiger partial charge in [0.25, 0.3) is 5.91 Å². The van der Waals surface area contributed by atoms with E-state index in [1.807, 2.05) is 13.8 Å². The van der Waals surface area contributed by atoms with Crippen molar-refractivity contribution >= 4 is 21.9 Å². The summed E-state index contributed by atoms with van der Waals surface area (Å²) < 4.78 is 26.6. The van der Waals surface area contributed by atoms with Gasteiger partial charge in [-0.2, -0.15) is 0 Å². The Balaban J connectivity index is 2.84. The molecule has 1 amide bonds. The molecule has 7 nitrogen and oxygen atoms in total. The summed E-state index contributed by atoms with van der Waals surface area (Å²) in [6.45, 7) is 5.75. The summed E-state index contributed by atoms with van der Waals surface area (Å²) in [4.78, 5) is 22.9. The Morgan fingerprint density at radius 3 is 2.17 bits per heavy atom. The number of hydrogen-bond acceptors (Lipinski definition) is 4. The number of nitrogens with one attached hydrogen (secondary N) is 2. The molecule has 1 atom stereocenters. The molecule has 0 aliphatic rings. The molecule has 0 heterocycles.